The van der Waals surface area contributed by atoms with E-state index in [0.29, 0.717) is 16.7 Å². The highest BCUT2D eigenvalue weighted by Gasteiger charge is 2.21. The standard InChI is InChI=1S/C21H19N3O2S2/c1-12-6-7-18-13(8-12)9-19(28-18)20-23-24-21(26-20)27-11-17(25)15-10-22-16-5-3-2-4-14(15)16/h2-5,9-10,12,22H,6-8,11H2,1H3/t12-/m1/s1. The van der Waals surface area contributed by atoms with E-state index in [1.54, 1.807) is 17.5 Å². The molecule has 5 rings (SSSR count). The van der Waals surface area contributed by atoms with Gasteiger partial charge in [0.15, 0.2) is 5.78 Å². The minimum absolute atomic E-state index is 0.0442. The summed E-state index contributed by atoms with van der Waals surface area (Å²) in [5.74, 6) is 1.60. The van der Waals surface area contributed by atoms with Gasteiger partial charge < -0.3 is 9.40 Å². The van der Waals surface area contributed by atoms with Crippen molar-refractivity contribution >= 4 is 39.8 Å². The average molecular weight is 410 g/mol. The minimum Gasteiger partial charge on any atom is -0.410 e. The highest BCUT2D eigenvalue weighted by atomic mass is 32.2. The van der Waals surface area contributed by atoms with Crippen LogP contribution < -0.4 is 0 Å². The normalized spacial score (nSPS) is 16.4. The number of aromatic amines is 1. The van der Waals surface area contributed by atoms with Crippen molar-refractivity contribution in [2.24, 2.45) is 5.92 Å². The number of benzene rings is 1. The zero-order valence-corrected chi connectivity index (χ0v) is 17.0. The molecule has 0 bridgehead atoms. The number of ketones is 1. The zero-order chi connectivity index (χ0) is 19.1. The Labute approximate surface area is 170 Å². The average Bonchev–Trinajstić information content (AvgIpc) is 3.43. The monoisotopic (exact) mass is 409 g/mol. The molecule has 5 nitrogen and oxygen atoms in total. The van der Waals surface area contributed by atoms with E-state index in [1.165, 1.54) is 28.6 Å². The van der Waals surface area contributed by atoms with Crippen LogP contribution in [-0.4, -0.2) is 26.7 Å². The van der Waals surface area contributed by atoms with E-state index in [4.69, 9.17) is 4.42 Å². The topological polar surface area (TPSA) is 71.8 Å². The van der Waals surface area contributed by atoms with Crippen LogP contribution in [0, 0.1) is 5.92 Å². The number of nitrogens with one attached hydrogen (secondary N) is 1. The maximum Gasteiger partial charge on any atom is 0.277 e. The molecule has 3 aromatic heterocycles. The van der Waals surface area contributed by atoms with E-state index >= 15 is 0 Å². The van der Waals surface area contributed by atoms with Crippen molar-refractivity contribution in [2.45, 2.75) is 31.4 Å². The lowest BCUT2D eigenvalue weighted by Crippen LogP contribution is -2.07. The van der Waals surface area contributed by atoms with Crippen LogP contribution in [0.2, 0.25) is 0 Å². The second-order valence-electron chi connectivity index (χ2n) is 7.24. The third kappa shape index (κ3) is 3.29. The molecule has 0 aliphatic heterocycles. The highest BCUT2D eigenvalue weighted by Crippen LogP contribution is 2.37. The van der Waals surface area contributed by atoms with Crippen LogP contribution >= 0.6 is 23.1 Å². The number of aryl methyl sites for hydroxylation is 1. The Bertz CT molecular complexity index is 1160. The summed E-state index contributed by atoms with van der Waals surface area (Å²) < 4.78 is 5.82. The van der Waals surface area contributed by atoms with Crippen LogP contribution in [0.4, 0.5) is 0 Å². The summed E-state index contributed by atoms with van der Waals surface area (Å²) in [5.41, 5.74) is 3.08. The predicted octanol–water partition coefficient (Wildman–Crippen LogP) is 5.38. The van der Waals surface area contributed by atoms with E-state index in [9.17, 15) is 4.79 Å². The molecular weight excluding hydrogens is 390 g/mol. The van der Waals surface area contributed by atoms with Crippen LogP contribution in [0.15, 0.2) is 46.2 Å². The largest absolute Gasteiger partial charge is 0.410 e. The molecule has 7 heteroatoms. The van der Waals surface area contributed by atoms with Gasteiger partial charge in [-0.05, 0) is 42.9 Å². The molecule has 142 valence electrons. The fraction of sp³-hybridized carbons (Fsp3) is 0.286. The van der Waals surface area contributed by atoms with Crippen molar-refractivity contribution in [3.8, 4) is 10.8 Å². The molecule has 0 radical (unpaired) electrons. The van der Waals surface area contributed by atoms with Crippen molar-refractivity contribution in [1.29, 1.82) is 0 Å². The van der Waals surface area contributed by atoms with E-state index in [0.717, 1.165) is 34.5 Å². The van der Waals surface area contributed by atoms with Crippen LogP contribution in [0.3, 0.4) is 0 Å². The first-order valence-corrected chi connectivity index (χ1v) is 11.1. The molecule has 3 heterocycles. The first-order valence-electron chi connectivity index (χ1n) is 9.35. The van der Waals surface area contributed by atoms with Crippen molar-refractivity contribution in [3.05, 3.63) is 52.5 Å². The maximum atomic E-state index is 12.6. The van der Waals surface area contributed by atoms with Gasteiger partial charge >= 0.3 is 0 Å². The maximum absolute atomic E-state index is 12.6. The number of thiophene rings is 1. The van der Waals surface area contributed by atoms with Gasteiger partial charge in [0, 0.05) is 27.5 Å². The predicted molar refractivity (Wildman–Crippen MR) is 112 cm³/mol. The molecule has 1 aliphatic carbocycles. The number of thioether (sulfide) groups is 1. The lowest BCUT2D eigenvalue weighted by Gasteiger charge is -2.16. The van der Waals surface area contributed by atoms with E-state index in [1.807, 2.05) is 24.3 Å². The van der Waals surface area contributed by atoms with Crippen LogP contribution in [0.25, 0.3) is 21.7 Å². The van der Waals surface area contributed by atoms with Crippen LogP contribution in [0.5, 0.6) is 0 Å². The number of rotatable bonds is 5. The third-order valence-corrected chi connectivity index (χ3v) is 7.21. The van der Waals surface area contributed by atoms with Gasteiger partial charge in [0.05, 0.1) is 10.6 Å². The van der Waals surface area contributed by atoms with Gasteiger partial charge in [-0.15, -0.1) is 21.5 Å². The molecule has 0 saturated carbocycles. The van der Waals surface area contributed by atoms with E-state index < -0.39 is 0 Å². The quantitative estimate of drug-likeness (QED) is 0.354. The second kappa shape index (κ2) is 7.22. The summed E-state index contributed by atoms with van der Waals surface area (Å²) in [7, 11) is 0. The summed E-state index contributed by atoms with van der Waals surface area (Å²) in [6.07, 6.45) is 5.27. The number of nitrogens with zero attached hydrogens (tertiary/aromatic N) is 2. The van der Waals surface area contributed by atoms with Gasteiger partial charge in [0.2, 0.25) is 0 Å². The lowest BCUT2D eigenvalue weighted by molar-refractivity contribution is 0.102. The Morgan fingerprint density at radius 3 is 3.18 bits per heavy atom. The van der Waals surface area contributed by atoms with Gasteiger partial charge in [0.25, 0.3) is 11.1 Å². The molecule has 0 unspecified atom stereocenters. The molecule has 0 spiro atoms. The molecule has 4 aromatic rings. The number of para-hydroxylation sites is 1. The smallest absolute Gasteiger partial charge is 0.277 e. The Balaban J connectivity index is 1.29. The summed E-state index contributed by atoms with van der Waals surface area (Å²) in [6, 6.07) is 9.99. The summed E-state index contributed by atoms with van der Waals surface area (Å²) in [4.78, 5) is 18.2. The van der Waals surface area contributed by atoms with Crippen LogP contribution in [-0.2, 0) is 12.8 Å². The molecule has 0 fully saturated rings. The number of carbonyl (C=O) groups is 1. The van der Waals surface area contributed by atoms with Gasteiger partial charge in [-0.25, -0.2) is 0 Å². The molecule has 1 aromatic carbocycles. The molecule has 1 atom stereocenters. The second-order valence-corrected chi connectivity index (χ2v) is 9.30. The van der Waals surface area contributed by atoms with Crippen LogP contribution in [0.1, 0.15) is 34.1 Å². The number of H-pyrrole nitrogens is 1. The van der Waals surface area contributed by atoms with Gasteiger partial charge in [-0.3, -0.25) is 4.79 Å². The van der Waals surface area contributed by atoms with Gasteiger partial charge in [-0.2, -0.15) is 0 Å². The number of aromatic nitrogens is 3. The number of hydrogen-bond acceptors (Lipinski definition) is 6. The van der Waals surface area contributed by atoms with E-state index in [2.05, 4.69) is 28.2 Å². The van der Waals surface area contributed by atoms with Gasteiger partial charge in [-0.1, -0.05) is 36.9 Å². The first kappa shape index (κ1) is 17.7. The SMILES string of the molecule is C[C@@H]1CCc2sc(-c3nnc(SCC(=O)c4c[nH]c5ccccc45)o3)cc2C1. The third-order valence-electron chi connectivity index (χ3n) is 5.16. The molecule has 0 amide bonds. The zero-order valence-electron chi connectivity index (χ0n) is 15.4. The number of carbonyl (C=O) groups excluding carboxylic acids is 1. The molecular formula is C21H19N3O2S2. The Hall–Kier alpha value is -2.38. The first-order chi connectivity index (χ1) is 13.7. The van der Waals surface area contributed by atoms with Gasteiger partial charge in [0.1, 0.15) is 0 Å². The summed E-state index contributed by atoms with van der Waals surface area (Å²) in [6.45, 7) is 2.30. The van der Waals surface area contributed by atoms with Crippen molar-refractivity contribution < 1.29 is 9.21 Å². The van der Waals surface area contributed by atoms with Crippen molar-refractivity contribution in [3.63, 3.8) is 0 Å². The Kier molecular flexibility index (Phi) is 4.56. The highest BCUT2D eigenvalue weighted by molar-refractivity contribution is 7.99. The fourth-order valence-corrected chi connectivity index (χ4v) is 5.46. The fourth-order valence-electron chi connectivity index (χ4n) is 3.69. The molecule has 1 aliphatic rings. The molecule has 28 heavy (non-hydrogen) atoms. The number of hydrogen-bond donors (Lipinski definition) is 1. The molecule has 1 N–H and O–H groups in total. The Morgan fingerprint density at radius 1 is 1.36 bits per heavy atom. The molecule has 0 saturated heterocycles. The number of fused-ring (bicyclic) bond motifs is 2. The Morgan fingerprint density at radius 2 is 2.25 bits per heavy atom. The summed E-state index contributed by atoms with van der Waals surface area (Å²) >= 11 is 3.04. The van der Waals surface area contributed by atoms with Crippen molar-refractivity contribution in [2.75, 3.05) is 5.75 Å². The van der Waals surface area contributed by atoms with Crippen molar-refractivity contribution in [1.82, 2.24) is 15.2 Å². The number of Topliss-reactive ketones (excluding diaryl/α,β-unsaturated/α-hetero) is 1. The lowest BCUT2D eigenvalue weighted by atomic mass is 9.90. The summed E-state index contributed by atoms with van der Waals surface area (Å²) in [5, 5.41) is 9.69. The van der Waals surface area contributed by atoms with E-state index in [-0.39, 0.29) is 11.5 Å². The minimum atomic E-state index is 0.0442.